The molecule has 0 fully saturated rings. The number of hydrogen-bond acceptors (Lipinski definition) is 3. The Labute approximate surface area is 78.2 Å². The van der Waals surface area contributed by atoms with Crippen molar-refractivity contribution in [2.24, 2.45) is 5.73 Å². The normalized spacial score (nSPS) is 15.4. The molecular weight excluding hydrogens is 164 g/mol. The van der Waals surface area contributed by atoms with Crippen LogP contribution in [0.5, 0.6) is 0 Å². The smallest absolute Gasteiger partial charge is 0.159 e. The fourth-order valence-corrected chi connectivity index (χ4v) is 1.14. The first-order valence-corrected chi connectivity index (χ1v) is 4.09. The molecule has 0 aliphatic rings. The van der Waals surface area contributed by atoms with Gasteiger partial charge < -0.3 is 5.73 Å². The monoisotopic (exact) mass is 178 g/mol. The molecule has 1 unspecified atom stereocenters. The second kappa shape index (κ2) is 3.68. The highest BCUT2D eigenvalue weighted by molar-refractivity contribution is 5.66. The molecule has 2 N–H and O–H groups in total. The van der Waals surface area contributed by atoms with Crippen molar-refractivity contribution < 1.29 is 4.79 Å². The quantitative estimate of drug-likeness (QED) is 0.543. The molecule has 1 aromatic carbocycles. The molecule has 0 radical (unpaired) electrons. The van der Waals surface area contributed by atoms with Gasteiger partial charge in [0.2, 0.25) is 0 Å². The third-order valence-electron chi connectivity index (χ3n) is 2.16. The van der Waals surface area contributed by atoms with E-state index < -0.39 is 5.66 Å². The van der Waals surface area contributed by atoms with Crippen LogP contribution in [0.15, 0.2) is 30.3 Å². The van der Waals surface area contributed by atoms with Gasteiger partial charge in [0, 0.05) is 0 Å². The van der Waals surface area contributed by atoms with Crippen LogP contribution in [-0.4, -0.2) is 25.3 Å². The van der Waals surface area contributed by atoms with E-state index in [-0.39, 0.29) is 0 Å². The Hall–Kier alpha value is -1.19. The fourth-order valence-electron chi connectivity index (χ4n) is 1.14. The standard InChI is InChI=1S/C10H14N2O/c1-12(2)10(11,8-13)9-6-4-3-5-7-9/h3-8H,11H2,1-2H3. The summed E-state index contributed by atoms with van der Waals surface area (Å²) in [6.45, 7) is 0. The minimum atomic E-state index is -1.01. The Morgan fingerprint density at radius 2 is 1.85 bits per heavy atom. The molecule has 0 aromatic heterocycles. The Kier molecular flexibility index (Phi) is 2.80. The average Bonchev–Trinajstić information content (AvgIpc) is 2.17. The summed E-state index contributed by atoms with van der Waals surface area (Å²) in [4.78, 5) is 12.6. The van der Waals surface area contributed by atoms with Gasteiger partial charge in [-0.1, -0.05) is 30.3 Å². The summed E-state index contributed by atoms with van der Waals surface area (Å²) in [7, 11) is 3.56. The number of nitrogens with zero attached hydrogens (tertiary/aromatic N) is 1. The minimum Gasteiger partial charge on any atom is -0.303 e. The number of aldehydes is 1. The lowest BCUT2D eigenvalue weighted by atomic mass is 10.0. The van der Waals surface area contributed by atoms with Crippen molar-refractivity contribution in [2.45, 2.75) is 5.66 Å². The van der Waals surface area contributed by atoms with Gasteiger partial charge in [0.25, 0.3) is 0 Å². The SMILES string of the molecule is CN(C)C(N)(C=O)c1ccccc1. The molecular formula is C10H14N2O. The summed E-state index contributed by atoms with van der Waals surface area (Å²) in [5.74, 6) is 0. The van der Waals surface area contributed by atoms with E-state index in [0.717, 1.165) is 11.8 Å². The highest BCUT2D eigenvalue weighted by atomic mass is 16.1. The van der Waals surface area contributed by atoms with Crippen LogP contribution in [0, 0.1) is 0 Å². The lowest BCUT2D eigenvalue weighted by Gasteiger charge is -2.30. The van der Waals surface area contributed by atoms with Crippen LogP contribution >= 0.6 is 0 Å². The van der Waals surface area contributed by atoms with Gasteiger partial charge in [-0.3, -0.25) is 9.69 Å². The summed E-state index contributed by atoms with van der Waals surface area (Å²) < 4.78 is 0. The zero-order valence-electron chi connectivity index (χ0n) is 7.90. The van der Waals surface area contributed by atoms with Crippen LogP contribution < -0.4 is 5.73 Å². The number of nitrogens with two attached hydrogens (primary N) is 1. The molecule has 1 aromatic rings. The molecule has 0 spiro atoms. The predicted molar refractivity (Wildman–Crippen MR) is 52.1 cm³/mol. The summed E-state index contributed by atoms with van der Waals surface area (Å²) in [6, 6.07) is 9.31. The van der Waals surface area contributed by atoms with Crippen molar-refractivity contribution in [1.29, 1.82) is 0 Å². The summed E-state index contributed by atoms with van der Waals surface area (Å²) >= 11 is 0. The van der Waals surface area contributed by atoms with Crippen LogP contribution in [0.1, 0.15) is 5.56 Å². The van der Waals surface area contributed by atoms with Crippen LogP contribution in [0.2, 0.25) is 0 Å². The van der Waals surface area contributed by atoms with Gasteiger partial charge in [0.15, 0.2) is 11.9 Å². The Morgan fingerprint density at radius 1 is 1.31 bits per heavy atom. The van der Waals surface area contributed by atoms with Crippen LogP contribution in [0.4, 0.5) is 0 Å². The van der Waals surface area contributed by atoms with Crippen molar-refractivity contribution in [1.82, 2.24) is 4.90 Å². The Morgan fingerprint density at radius 3 is 2.23 bits per heavy atom. The molecule has 1 atom stereocenters. The largest absolute Gasteiger partial charge is 0.303 e. The second-order valence-electron chi connectivity index (χ2n) is 3.20. The lowest BCUT2D eigenvalue weighted by molar-refractivity contribution is -0.117. The topological polar surface area (TPSA) is 46.3 Å². The van der Waals surface area contributed by atoms with E-state index in [4.69, 9.17) is 5.73 Å². The number of benzene rings is 1. The van der Waals surface area contributed by atoms with Crippen molar-refractivity contribution in [2.75, 3.05) is 14.1 Å². The number of hydrogen-bond donors (Lipinski definition) is 1. The average molecular weight is 178 g/mol. The fraction of sp³-hybridized carbons (Fsp3) is 0.300. The van der Waals surface area contributed by atoms with Crippen molar-refractivity contribution >= 4 is 6.29 Å². The lowest BCUT2D eigenvalue weighted by Crippen LogP contribution is -2.50. The maximum atomic E-state index is 10.9. The van der Waals surface area contributed by atoms with Crippen LogP contribution in [0.3, 0.4) is 0 Å². The highest BCUT2D eigenvalue weighted by Gasteiger charge is 2.28. The van der Waals surface area contributed by atoms with E-state index in [2.05, 4.69) is 0 Å². The van der Waals surface area contributed by atoms with E-state index in [1.807, 2.05) is 30.3 Å². The van der Waals surface area contributed by atoms with E-state index in [1.54, 1.807) is 19.0 Å². The molecule has 70 valence electrons. The molecule has 0 amide bonds. The summed E-state index contributed by atoms with van der Waals surface area (Å²) in [5.41, 5.74) is 5.71. The van der Waals surface area contributed by atoms with Gasteiger partial charge in [0.05, 0.1) is 0 Å². The molecule has 0 heterocycles. The molecule has 0 aliphatic heterocycles. The molecule has 0 bridgehead atoms. The van der Waals surface area contributed by atoms with E-state index in [9.17, 15) is 4.79 Å². The first-order valence-electron chi connectivity index (χ1n) is 4.09. The first-order chi connectivity index (χ1) is 6.11. The molecule has 0 saturated heterocycles. The van der Waals surface area contributed by atoms with Crippen molar-refractivity contribution in [3.8, 4) is 0 Å². The number of carbonyl (C=O) groups is 1. The first kappa shape index (κ1) is 9.89. The van der Waals surface area contributed by atoms with Gasteiger partial charge >= 0.3 is 0 Å². The predicted octanol–water partition coefficient (Wildman–Crippen LogP) is 0.559. The van der Waals surface area contributed by atoms with Crippen molar-refractivity contribution in [3.05, 3.63) is 35.9 Å². The van der Waals surface area contributed by atoms with E-state index >= 15 is 0 Å². The molecule has 0 saturated carbocycles. The third-order valence-corrected chi connectivity index (χ3v) is 2.16. The molecule has 0 aliphatic carbocycles. The zero-order valence-corrected chi connectivity index (χ0v) is 7.90. The van der Waals surface area contributed by atoms with Gasteiger partial charge in [-0.2, -0.15) is 0 Å². The second-order valence-corrected chi connectivity index (χ2v) is 3.20. The zero-order chi connectivity index (χ0) is 9.90. The molecule has 1 rings (SSSR count). The number of likely N-dealkylation sites (N-methyl/N-ethyl adjacent to an activating group) is 1. The number of carbonyl (C=O) groups excluding carboxylic acids is 1. The van der Waals surface area contributed by atoms with Crippen LogP contribution in [-0.2, 0) is 10.5 Å². The number of rotatable bonds is 3. The maximum Gasteiger partial charge on any atom is 0.159 e. The third kappa shape index (κ3) is 1.76. The summed E-state index contributed by atoms with van der Waals surface area (Å²) in [5, 5.41) is 0. The van der Waals surface area contributed by atoms with Gasteiger partial charge in [-0.05, 0) is 19.7 Å². The maximum absolute atomic E-state index is 10.9. The van der Waals surface area contributed by atoms with Crippen LogP contribution in [0.25, 0.3) is 0 Å². The minimum absolute atomic E-state index is 0.752. The van der Waals surface area contributed by atoms with Crippen molar-refractivity contribution in [3.63, 3.8) is 0 Å². The van der Waals surface area contributed by atoms with Gasteiger partial charge in [-0.25, -0.2) is 0 Å². The molecule has 3 heteroatoms. The van der Waals surface area contributed by atoms with E-state index in [1.165, 1.54) is 0 Å². The Balaban J connectivity index is 3.10. The summed E-state index contributed by atoms with van der Waals surface area (Å²) in [6.07, 6.45) is 0.752. The Bertz CT molecular complexity index is 284. The van der Waals surface area contributed by atoms with E-state index in [0.29, 0.717) is 0 Å². The highest BCUT2D eigenvalue weighted by Crippen LogP contribution is 2.17. The van der Waals surface area contributed by atoms with Gasteiger partial charge in [-0.15, -0.1) is 0 Å². The molecule has 3 nitrogen and oxygen atoms in total. The van der Waals surface area contributed by atoms with Gasteiger partial charge in [0.1, 0.15) is 0 Å². The molecule has 13 heavy (non-hydrogen) atoms.